The van der Waals surface area contributed by atoms with E-state index in [0.717, 1.165) is 5.69 Å². The van der Waals surface area contributed by atoms with Gasteiger partial charge < -0.3 is 4.57 Å². The van der Waals surface area contributed by atoms with Crippen molar-refractivity contribution >= 4 is 22.6 Å². The van der Waals surface area contributed by atoms with Crippen molar-refractivity contribution in [1.29, 1.82) is 0 Å². The van der Waals surface area contributed by atoms with Gasteiger partial charge in [-0.2, -0.15) is 0 Å². The molecule has 0 saturated heterocycles. The zero-order chi connectivity index (χ0) is 7.72. The zero-order valence-corrected chi connectivity index (χ0v) is 8.58. The van der Waals surface area contributed by atoms with Gasteiger partial charge >= 0.3 is 0 Å². The van der Waals surface area contributed by atoms with Crippen molar-refractivity contribution in [2.24, 2.45) is 0 Å². The fourth-order valence-corrected chi connectivity index (χ4v) is 1.62. The van der Waals surface area contributed by atoms with Crippen molar-refractivity contribution < 1.29 is 0 Å². The van der Waals surface area contributed by atoms with Gasteiger partial charge in [-0.15, -0.1) is 0 Å². The minimum Gasteiger partial charge on any atom is -0.323 e. The van der Waals surface area contributed by atoms with Crippen LogP contribution < -0.4 is 0 Å². The summed E-state index contributed by atoms with van der Waals surface area (Å²) < 4.78 is 3.41. The number of imidazole rings is 1. The Morgan fingerprint density at radius 1 is 1.60 bits per heavy atom. The molecule has 1 aromatic heterocycles. The van der Waals surface area contributed by atoms with E-state index in [-0.39, 0.29) is 0 Å². The van der Waals surface area contributed by atoms with Crippen molar-refractivity contribution in [1.82, 2.24) is 9.55 Å². The summed E-state index contributed by atoms with van der Waals surface area (Å²) in [6, 6.07) is 0.521. The SMILES string of the molecule is Cc1ncn(C(C)C)c1I. The second kappa shape index (κ2) is 2.90. The summed E-state index contributed by atoms with van der Waals surface area (Å²) in [5.74, 6) is 0. The van der Waals surface area contributed by atoms with E-state index in [1.54, 1.807) is 0 Å². The highest BCUT2D eigenvalue weighted by Crippen LogP contribution is 2.14. The summed E-state index contributed by atoms with van der Waals surface area (Å²) >= 11 is 2.32. The quantitative estimate of drug-likeness (QED) is 0.699. The van der Waals surface area contributed by atoms with Crippen molar-refractivity contribution in [2.45, 2.75) is 26.8 Å². The van der Waals surface area contributed by atoms with Crippen LogP contribution in [0.1, 0.15) is 25.6 Å². The molecule has 0 fully saturated rings. The second-order valence-corrected chi connectivity index (χ2v) is 3.64. The highest BCUT2D eigenvalue weighted by atomic mass is 127. The van der Waals surface area contributed by atoms with Crippen molar-refractivity contribution in [2.75, 3.05) is 0 Å². The highest BCUT2D eigenvalue weighted by Gasteiger charge is 2.04. The number of nitrogens with zero attached hydrogens (tertiary/aromatic N) is 2. The largest absolute Gasteiger partial charge is 0.323 e. The van der Waals surface area contributed by atoms with Crippen LogP contribution in [0.4, 0.5) is 0 Å². The first kappa shape index (κ1) is 8.04. The molecule has 1 rings (SSSR count). The normalized spacial score (nSPS) is 10.9. The van der Waals surface area contributed by atoms with E-state index in [0.29, 0.717) is 6.04 Å². The molecule has 0 aliphatic heterocycles. The molecule has 3 heteroatoms. The summed E-state index contributed by atoms with van der Waals surface area (Å²) in [5, 5.41) is 0. The minimum atomic E-state index is 0.521. The Morgan fingerprint density at radius 2 is 2.20 bits per heavy atom. The van der Waals surface area contributed by atoms with E-state index in [4.69, 9.17) is 0 Å². The van der Waals surface area contributed by atoms with Gasteiger partial charge in [0.1, 0.15) is 3.70 Å². The first-order chi connectivity index (χ1) is 4.63. The lowest BCUT2D eigenvalue weighted by Crippen LogP contribution is -2.00. The molecule has 10 heavy (non-hydrogen) atoms. The molecule has 0 aliphatic rings. The van der Waals surface area contributed by atoms with E-state index in [1.165, 1.54) is 3.70 Å². The highest BCUT2D eigenvalue weighted by molar-refractivity contribution is 14.1. The van der Waals surface area contributed by atoms with E-state index in [9.17, 15) is 0 Å². The van der Waals surface area contributed by atoms with Crippen LogP contribution >= 0.6 is 22.6 Å². The molecule has 0 spiro atoms. The summed E-state index contributed by atoms with van der Waals surface area (Å²) in [6.07, 6.45) is 1.89. The van der Waals surface area contributed by atoms with Gasteiger partial charge in [0.2, 0.25) is 0 Å². The van der Waals surface area contributed by atoms with Crippen LogP contribution in [0.15, 0.2) is 6.33 Å². The Kier molecular flexibility index (Phi) is 2.33. The third-order valence-electron chi connectivity index (χ3n) is 1.46. The summed E-state index contributed by atoms with van der Waals surface area (Å²) in [7, 11) is 0. The van der Waals surface area contributed by atoms with E-state index < -0.39 is 0 Å². The fraction of sp³-hybridized carbons (Fsp3) is 0.571. The van der Waals surface area contributed by atoms with Crippen molar-refractivity contribution in [3.8, 4) is 0 Å². The molecule has 0 aliphatic carbocycles. The molecule has 0 radical (unpaired) electrons. The van der Waals surface area contributed by atoms with Gasteiger partial charge in [0.05, 0.1) is 12.0 Å². The number of aryl methyl sites for hydroxylation is 1. The number of hydrogen-bond acceptors (Lipinski definition) is 1. The van der Waals surface area contributed by atoms with Gasteiger partial charge in [-0.25, -0.2) is 4.98 Å². The lowest BCUT2D eigenvalue weighted by atomic mass is 10.4. The van der Waals surface area contributed by atoms with Crippen LogP contribution in [0.5, 0.6) is 0 Å². The molecule has 0 aromatic carbocycles. The Hall–Kier alpha value is -0.0600. The predicted molar refractivity (Wildman–Crippen MR) is 50.1 cm³/mol. The lowest BCUT2D eigenvalue weighted by Gasteiger charge is -2.06. The van der Waals surface area contributed by atoms with Gasteiger partial charge in [0.25, 0.3) is 0 Å². The molecule has 0 amide bonds. The van der Waals surface area contributed by atoms with Gasteiger partial charge in [0, 0.05) is 6.04 Å². The zero-order valence-electron chi connectivity index (χ0n) is 6.43. The molecule has 1 heterocycles. The predicted octanol–water partition coefficient (Wildman–Crippen LogP) is 2.38. The van der Waals surface area contributed by atoms with Crippen LogP contribution in [-0.4, -0.2) is 9.55 Å². The smallest absolute Gasteiger partial charge is 0.103 e. The number of aromatic nitrogens is 2. The van der Waals surface area contributed by atoms with Gasteiger partial charge in [-0.3, -0.25) is 0 Å². The lowest BCUT2D eigenvalue weighted by molar-refractivity contribution is 0.587. The first-order valence-corrected chi connectivity index (χ1v) is 4.39. The molecule has 56 valence electrons. The topological polar surface area (TPSA) is 17.8 Å². The van der Waals surface area contributed by atoms with Crippen LogP contribution in [0.3, 0.4) is 0 Å². The molecule has 0 saturated carbocycles. The fourth-order valence-electron chi connectivity index (χ4n) is 0.800. The molecule has 0 bridgehead atoms. The van der Waals surface area contributed by atoms with Gasteiger partial charge in [-0.05, 0) is 43.4 Å². The van der Waals surface area contributed by atoms with Crippen LogP contribution in [0, 0.1) is 10.6 Å². The number of halogens is 1. The van der Waals surface area contributed by atoms with Crippen molar-refractivity contribution in [3.05, 3.63) is 15.7 Å². The Bertz CT molecular complexity index is 228. The molecular weight excluding hydrogens is 239 g/mol. The van der Waals surface area contributed by atoms with Crippen LogP contribution in [-0.2, 0) is 0 Å². The average Bonchev–Trinajstić information content (AvgIpc) is 2.14. The Morgan fingerprint density at radius 3 is 2.40 bits per heavy atom. The number of hydrogen-bond donors (Lipinski definition) is 0. The minimum absolute atomic E-state index is 0.521. The van der Waals surface area contributed by atoms with Gasteiger partial charge in [-0.1, -0.05) is 0 Å². The summed E-state index contributed by atoms with van der Waals surface area (Å²) in [5.41, 5.74) is 1.12. The van der Waals surface area contributed by atoms with Crippen LogP contribution in [0.25, 0.3) is 0 Å². The summed E-state index contributed by atoms with van der Waals surface area (Å²) in [6.45, 7) is 6.34. The van der Waals surface area contributed by atoms with E-state index >= 15 is 0 Å². The molecule has 1 aromatic rings. The summed E-state index contributed by atoms with van der Waals surface area (Å²) in [4.78, 5) is 4.19. The van der Waals surface area contributed by atoms with Crippen molar-refractivity contribution in [3.63, 3.8) is 0 Å². The molecule has 2 nitrogen and oxygen atoms in total. The standard InChI is InChI=1S/C7H11IN2/c1-5(2)10-4-9-6(3)7(10)8/h4-5H,1-3H3. The van der Waals surface area contributed by atoms with Gasteiger partial charge in [0.15, 0.2) is 0 Å². The molecule has 0 unspecified atom stereocenters. The van der Waals surface area contributed by atoms with E-state index in [1.807, 2.05) is 13.3 Å². The molecule has 0 atom stereocenters. The van der Waals surface area contributed by atoms with Crippen LogP contribution in [0.2, 0.25) is 0 Å². The maximum absolute atomic E-state index is 4.19. The first-order valence-electron chi connectivity index (χ1n) is 3.32. The monoisotopic (exact) mass is 250 g/mol. The maximum Gasteiger partial charge on any atom is 0.103 e. The Balaban J connectivity index is 3.05. The molecular formula is C7H11IN2. The Labute approximate surface area is 74.8 Å². The maximum atomic E-state index is 4.19. The third kappa shape index (κ3) is 1.33. The number of rotatable bonds is 1. The third-order valence-corrected chi connectivity index (χ3v) is 2.80. The second-order valence-electron chi connectivity index (χ2n) is 2.62. The average molecular weight is 250 g/mol. The van der Waals surface area contributed by atoms with E-state index in [2.05, 4.69) is 46.0 Å². The molecule has 0 N–H and O–H groups in total.